The van der Waals surface area contributed by atoms with E-state index in [1.165, 1.54) is 0 Å². The molecule has 0 saturated carbocycles. The first-order chi connectivity index (χ1) is 8.79. The molecule has 4 heteroatoms. The van der Waals surface area contributed by atoms with Crippen molar-refractivity contribution in [1.29, 1.82) is 0 Å². The van der Waals surface area contributed by atoms with E-state index >= 15 is 0 Å². The molecule has 0 aliphatic carbocycles. The van der Waals surface area contributed by atoms with E-state index in [2.05, 4.69) is 12.2 Å². The van der Waals surface area contributed by atoms with E-state index in [1.54, 1.807) is 0 Å². The molecule has 18 heavy (non-hydrogen) atoms. The molecule has 96 valence electrons. The van der Waals surface area contributed by atoms with Crippen molar-refractivity contribution in [1.82, 2.24) is 5.32 Å². The summed E-state index contributed by atoms with van der Waals surface area (Å²) in [5.74, 6) is 1.84. The van der Waals surface area contributed by atoms with Gasteiger partial charge in [0, 0.05) is 18.0 Å². The molecular weight excluding hydrogens is 230 g/mol. The second-order valence-electron chi connectivity index (χ2n) is 4.78. The number of hydrogen-bond donors (Lipinski definition) is 1. The third-order valence-electron chi connectivity index (χ3n) is 3.54. The number of ether oxygens (including phenoxy) is 2. The average Bonchev–Trinajstić information content (AvgIpc) is 2.41. The minimum Gasteiger partial charge on any atom is -0.486 e. The summed E-state index contributed by atoms with van der Waals surface area (Å²) >= 11 is 0. The highest BCUT2D eigenvalue weighted by Crippen LogP contribution is 2.38. The van der Waals surface area contributed by atoms with Gasteiger partial charge in [0.25, 0.3) is 5.91 Å². The minimum atomic E-state index is -0.00525. The van der Waals surface area contributed by atoms with Gasteiger partial charge in [-0.3, -0.25) is 4.79 Å². The van der Waals surface area contributed by atoms with Crippen LogP contribution in [0, 0.1) is 0 Å². The van der Waals surface area contributed by atoms with Crippen LogP contribution >= 0.6 is 0 Å². The molecule has 0 spiro atoms. The summed E-state index contributed by atoms with van der Waals surface area (Å²) in [7, 11) is 0. The molecule has 0 saturated heterocycles. The van der Waals surface area contributed by atoms with Crippen LogP contribution in [0.4, 0.5) is 0 Å². The van der Waals surface area contributed by atoms with Gasteiger partial charge in [0.15, 0.2) is 11.5 Å². The van der Waals surface area contributed by atoms with Crippen LogP contribution in [0.5, 0.6) is 11.5 Å². The molecule has 0 fully saturated rings. The van der Waals surface area contributed by atoms with Gasteiger partial charge in [-0.1, -0.05) is 13.3 Å². The van der Waals surface area contributed by atoms with Gasteiger partial charge in [0.1, 0.15) is 13.2 Å². The van der Waals surface area contributed by atoms with Crippen LogP contribution in [0.3, 0.4) is 0 Å². The largest absolute Gasteiger partial charge is 0.486 e. The van der Waals surface area contributed by atoms with Crippen molar-refractivity contribution in [3.63, 3.8) is 0 Å². The number of carbonyl (C=O) groups excluding carboxylic acids is 1. The molecule has 2 aliphatic heterocycles. The molecule has 1 N–H and O–H groups in total. The molecule has 0 bridgehead atoms. The summed E-state index contributed by atoms with van der Waals surface area (Å²) < 4.78 is 11.1. The lowest BCUT2D eigenvalue weighted by atomic mass is 9.87. The van der Waals surface area contributed by atoms with E-state index in [0.717, 1.165) is 36.3 Å². The molecular formula is C14H17NO3. The number of rotatable bonds is 2. The molecule has 1 amide bonds. The molecule has 0 radical (unpaired) electrons. The highest BCUT2D eigenvalue weighted by Gasteiger charge is 2.28. The van der Waals surface area contributed by atoms with E-state index in [0.29, 0.717) is 24.9 Å². The van der Waals surface area contributed by atoms with E-state index < -0.39 is 0 Å². The van der Waals surface area contributed by atoms with Crippen LogP contribution in [0.1, 0.15) is 41.6 Å². The van der Waals surface area contributed by atoms with Gasteiger partial charge in [-0.25, -0.2) is 0 Å². The highest BCUT2D eigenvalue weighted by molar-refractivity contribution is 5.97. The Morgan fingerprint density at radius 2 is 2.00 bits per heavy atom. The average molecular weight is 247 g/mol. The second kappa shape index (κ2) is 4.52. The van der Waals surface area contributed by atoms with Crippen LogP contribution in [-0.2, 0) is 0 Å². The zero-order chi connectivity index (χ0) is 12.5. The van der Waals surface area contributed by atoms with Gasteiger partial charge in [0.05, 0.1) is 0 Å². The fourth-order valence-corrected chi connectivity index (χ4v) is 2.67. The van der Waals surface area contributed by atoms with Crippen LogP contribution in [0.2, 0.25) is 0 Å². The van der Waals surface area contributed by atoms with E-state index in [-0.39, 0.29) is 5.91 Å². The smallest absolute Gasteiger partial charge is 0.251 e. The predicted molar refractivity (Wildman–Crippen MR) is 67.4 cm³/mol. The standard InChI is InChI=1S/C14H17NO3/c1-2-3-9-8-15-14(16)11-7-13-12(6-10(9)11)17-4-5-18-13/h6-7,9H,2-5,8H2,1H3,(H,15,16). The lowest BCUT2D eigenvalue weighted by molar-refractivity contribution is 0.0937. The molecule has 3 rings (SSSR count). The first kappa shape index (κ1) is 11.4. The van der Waals surface area contributed by atoms with Crippen molar-refractivity contribution >= 4 is 5.91 Å². The van der Waals surface area contributed by atoms with E-state index in [9.17, 15) is 4.79 Å². The van der Waals surface area contributed by atoms with Crippen molar-refractivity contribution in [3.05, 3.63) is 23.3 Å². The lowest BCUT2D eigenvalue weighted by Crippen LogP contribution is -2.35. The van der Waals surface area contributed by atoms with Crippen LogP contribution in [-0.4, -0.2) is 25.7 Å². The summed E-state index contributed by atoms with van der Waals surface area (Å²) in [5, 5.41) is 2.94. The lowest BCUT2D eigenvalue weighted by Gasteiger charge is -2.28. The zero-order valence-corrected chi connectivity index (χ0v) is 10.5. The van der Waals surface area contributed by atoms with Gasteiger partial charge >= 0.3 is 0 Å². The summed E-state index contributed by atoms with van der Waals surface area (Å²) in [5.41, 5.74) is 1.84. The van der Waals surface area contributed by atoms with Gasteiger partial charge in [-0.05, 0) is 24.1 Å². The van der Waals surface area contributed by atoms with Crippen molar-refractivity contribution in [3.8, 4) is 11.5 Å². The number of nitrogens with one attached hydrogen (secondary N) is 1. The first-order valence-electron chi connectivity index (χ1n) is 6.51. The van der Waals surface area contributed by atoms with E-state index in [4.69, 9.17) is 9.47 Å². The monoisotopic (exact) mass is 247 g/mol. The molecule has 0 aromatic heterocycles. The Morgan fingerprint density at radius 3 is 2.72 bits per heavy atom. The summed E-state index contributed by atoms with van der Waals surface area (Å²) in [6.45, 7) is 4.01. The summed E-state index contributed by atoms with van der Waals surface area (Å²) in [6.07, 6.45) is 2.18. The minimum absolute atomic E-state index is 0.00525. The topological polar surface area (TPSA) is 47.6 Å². The number of hydrogen-bond acceptors (Lipinski definition) is 3. The molecule has 1 unspecified atom stereocenters. The Kier molecular flexibility index (Phi) is 2.86. The van der Waals surface area contributed by atoms with Gasteiger partial charge in [-0.2, -0.15) is 0 Å². The first-order valence-corrected chi connectivity index (χ1v) is 6.51. The fraction of sp³-hybridized carbons (Fsp3) is 0.500. The predicted octanol–water partition coefficient (Wildman–Crippen LogP) is 2.08. The molecule has 1 aromatic rings. The maximum atomic E-state index is 11.9. The van der Waals surface area contributed by atoms with E-state index in [1.807, 2.05) is 12.1 Å². The maximum Gasteiger partial charge on any atom is 0.251 e. The van der Waals surface area contributed by atoms with Gasteiger partial charge in [0.2, 0.25) is 0 Å². The normalized spacial score (nSPS) is 21.2. The third-order valence-corrected chi connectivity index (χ3v) is 3.54. The molecule has 2 aliphatic rings. The van der Waals surface area contributed by atoms with Crippen LogP contribution < -0.4 is 14.8 Å². The fourth-order valence-electron chi connectivity index (χ4n) is 2.67. The zero-order valence-electron chi connectivity index (χ0n) is 10.5. The molecule has 1 atom stereocenters. The summed E-state index contributed by atoms with van der Waals surface area (Å²) in [6, 6.07) is 3.81. The Balaban J connectivity index is 2.05. The molecule has 2 heterocycles. The Bertz CT molecular complexity index is 484. The Hall–Kier alpha value is -1.71. The van der Waals surface area contributed by atoms with Gasteiger partial charge in [-0.15, -0.1) is 0 Å². The number of fused-ring (bicyclic) bond motifs is 2. The Labute approximate surface area is 106 Å². The Morgan fingerprint density at radius 1 is 1.28 bits per heavy atom. The van der Waals surface area contributed by atoms with Crippen LogP contribution in [0.25, 0.3) is 0 Å². The second-order valence-corrected chi connectivity index (χ2v) is 4.78. The van der Waals surface area contributed by atoms with Crippen LogP contribution in [0.15, 0.2) is 12.1 Å². The van der Waals surface area contributed by atoms with Gasteiger partial charge < -0.3 is 14.8 Å². The maximum absolute atomic E-state index is 11.9. The SMILES string of the molecule is CCCC1CNC(=O)c2cc3c(cc21)OCCO3. The number of amides is 1. The number of carbonyl (C=O) groups is 1. The van der Waals surface area contributed by atoms with Crippen molar-refractivity contribution in [2.75, 3.05) is 19.8 Å². The number of benzene rings is 1. The van der Waals surface area contributed by atoms with Crippen molar-refractivity contribution in [2.45, 2.75) is 25.7 Å². The van der Waals surface area contributed by atoms with Crippen molar-refractivity contribution < 1.29 is 14.3 Å². The quantitative estimate of drug-likeness (QED) is 0.870. The molecule has 4 nitrogen and oxygen atoms in total. The molecule has 1 aromatic carbocycles. The summed E-state index contributed by atoms with van der Waals surface area (Å²) in [4.78, 5) is 11.9. The third kappa shape index (κ3) is 1.82. The van der Waals surface area contributed by atoms with Crippen molar-refractivity contribution in [2.24, 2.45) is 0 Å². The highest BCUT2D eigenvalue weighted by atomic mass is 16.6.